The molecule has 1 heterocycles. The molecule has 1 aliphatic heterocycles. The highest BCUT2D eigenvalue weighted by Gasteiger charge is 2.25. The number of hydrogen-bond acceptors (Lipinski definition) is 2. The Hall–Kier alpha value is -1.62. The minimum absolute atomic E-state index is 0.124. The summed E-state index contributed by atoms with van der Waals surface area (Å²) < 4.78 is 12.7. The molecule has 1 aromatic carbocycles. The average molecular weight is 251 g/mol. The van der Waals surface area contributed by atoms with Gasteiger partial charge in [0.2, 0.25) is 0 Å². The Labute approximate surface area is 106 Å². The fraction of sp³-hybridized carbons (Fsp3) is 0.462. The second-order valence-electron chi connectivity index (χ2n) is 4.62. The van der Waals surface area contributed by atoms with E-state index in [0.717, 1.165) is 25.9 Å². The number of nitrogens with one attached hydrogen (secondary N) is 1. The van der Waals surface area contributed by atoms with Crippen LogP contribution in [0.2, 0.25) is 0 Å². The summed E-state index contributed by atoms with van der Waals surface area (Å²) in [5.74, 6) is 0.200. The van der Waals surface area contributed by atoms with Gasteiger partial charge in [-0.2, -0.15) is 0 Å². The van der Waals surface area contributed by atoms with Gasteiger partial charge in [0.15, 0.2) is 0 Å². The molecule has 0 aromatic heterocycles. The lowest BCUT2D eigenvalue weighted by Crippen LogP contribution is -2.33. The lowest BCUT2D eigenvalue weighted by molar-refractivity contribution is 0.220. The number of benzene rings is 1. The molecule has 1 atom stereocenters. The van der Waals surface area contributed by atoms with Gasteiger partial charge in [0.05, 0.1) is 0 Å². The van der Waals surface area contributed by atoms with Crippen LogP contribution < -0.4 is 11.1 Å². The van der Waals surface area contributed by atoms with Gasteiger partial charge >= 0.3 is 6.03 Å². The van der Waals surface area contributed by atoms with Crippen molar-refractivity contribution in [3.63, 3.8) is 0 Å². The summed E-state index contributed by atoms with van der Waals surface area (Å²) in [7, 11) is 0. The van der Waals surface area contributed by atoms with Crippen LogP contribution >= 0.6 is 0 Å². The van der Waals surface area contributed by atoms with Gasteiger partial charge in [0.1, 0.15) is 5.82 Å². The third-order valence-corrected chi connectivity index (χ3v) is 3.24. The standard InChI is InChI=1S/C13H18FN3O/c14-11-1-3-12(4-2-11)16-13(18)17-8-6-10(9-17)5-7-15/h1-4,10H,5-9,15H2,(H,16,18). The number of halogens is 1. The Morgan fingerprint density at radius 1 is 1.44 bits per heavy atom. The molecule has 0 radical (unpaired) electrons. The van der Waals surface area contributed by atoms with E-state index < -0.39 is 0 Å². The number of hydrogen-bond donors (Lipinski definition) is 2. The van der Waals surface area contributed by atoms with Gasteiger partial charge in [-0.05, 0) is 49.6 Å². The minimum Gasteiger partial charge on any atom is -0.330 e. The van der Waals surface area contributed by atoms with Crippen molar-refractivity contribution in [3.8, 4) is 0 Å². The molecule has 0 spiro atoms. The van der Waals surface area contributed by atoms with Crippen LogP contribution in [0.1, 0.15) is 12.8 Å². The number of carbonyl (C=O) groups is 1. The molecule has 0 aliphatic carbocycles. The number of amides is 2. The summed E-state index contributed by atoms with van der Waals surface area (Å²) in [6.07, 6.45) is 1.97. The van der Waals surface area contributed by atoms with E-state index >= 15 is 0 Å². The largest absolute Gasteiger partial charge is 0.330 e. The van der Waals surface area contributed by atoms with Gasteiger partial charge in [-0.3, -0.25) is 0 Å². The number of nitrogens with two attached hydrogens (primary N) is 1. The van der Waals surface area contributed by atoms with Crippen LogP contribution in [0.4, 0.5) is 14.9 Å². The first-order chi connectivity index (χ1) is 8.69. The van der Waals surface area contributed by atoms with Crippen LogP contribution in [0.15, 0.2) is 24.3 Å². The van der Waals surface area contributed by atoms with E-state index in [1.807, 2.05) is 0 Å². The molecule has 1 aliphatic rings. The molecule has 1 fully saturated rings. The molecular formula is C13H18FN3O. The monoisotopic (exact) mass is 251 g/mol. The lowest BCUT2D eigenvalue weighted by Gasteiger charge is -2.17. The number of anilines is 1. The Kier molecular flexibility index (Phi) is 4.15. The number of likely N-dealkylation sites (tertiary alicyclic amines) is 1. The molecule has 2 rings (SSSR count). The molecule has 4 nitrogen and oxygen atoms in total. The molecule has 0 bridgehead atoms. The third-order valence-electron chi connectivity index (χ3n) is 3.24. The van der Waals surface area contributed by atoms with Gasteiger partial charge in [-0.1, -0.05) is 0 Å². The van der Waals surface area contributed by atoms with E-state index in [0.29, 0.717) is 18.2 Å². The number of rotatable bonds is 3. The van der Waals surface area contributed by atoms with Crippen LogP contribution in [0, 0.1) is 11.7 Å². The second-order valence-corrected chi connectivity index (χ2v) is 4.62. The van der Waals surface area contributed by atoms with E-state index in [-0.39, 0.29) is 11.8 Å². The third kappa shape index (κ3) is 3.20. The van der Waals surface area contributed by atoms with Gasteiger partial charge in [-0.15, -0.1) is 0 Å². The van der Waals surface area contributed by atoms with Crippen LogP contribution in [-0.2, 0) is 0 Å². The second kappa shape index (κ2) is 5.82. The van der Waals surface area contributed by atoms with Crippen LogP contribution in [0.25, 0.3) is 0 Å². The van der Waals surface area contributed by atoms with Crippen molar-refractivity contribution in [2.75, 3.05) is 25.0 Å². The fourth-order valence-corrected chi connectivity index (χ4v) is 2.22. The molecule has 2 amide bonds. The molecular weight excluding hydrogens is 233 g/mol. The molecule has 1 unspecified atom stereocenters. The van der Waals surface area contributed by atoms with Crippen LogP contribution in [0.3, 0.4) is 0 Å². The Balaban J connectivity index is 1.87. The van der Waals surface area contributed by atoms with Crippen molar-refractivity contribution in [1.29, 1.82) is 0 Å². The zero-order valence-electron chi connectivity index (χ0n) is 10.2. The summed E-state index contributed by atoms with van der Waals surface area (Å²) >= 11 is 0. The summed E-state index contributed by atoms with van der Waals surface area (Å²) in [4.78, 5) is 13.7. The highest BCUT2D eigenvalue weighted by molar-refractivity contribution is 5.89. The summed E-state index contributed by atoms with van der Waals surface area (Å²) in [6.45, 7) is 2.18. The molecule has 98 valence electrons. The topological polar surface area (TPSA) is 58.4 Å². The summed E-state index contributed by atoms with van der Waals surface area (Å²) in [5, 5.41) is 2.76. The first kappa shape index (κ1) is 12.8. The maximum atomic E-state index is 12.7. The molecule has 1 aromatic rings. The molecule has 1 saturated heterocycles. The predicted molar refractivity (Wildman–Crippen MR) is 68.8 cm³/mol. The number of nitrogens with zero attached hydrogens (tertiary/aromatic N) is 1. The van der Waals surface area contributed by atoms with E-state index in [1.54, 1.807) is 17.0 Å². The molecule has 0 saturated carbocycles. The van der Waals surface area contributed by atoms with Gasteiger partial charge in [0.25, 0.3) is 0 Å². The van der Waals surface area contributed by atoms with E-state index in [9.17, 15) is 9.18 Å². The zero-order chi connectivity index (χ0) is 13.0. The lowest BCUT2D eigenvalue weighted by atomic mass is 10.1. The summed E-state index contributed by atoms with van der Waals surface area (Å²) in [6, 6.07) is 5.65. The van der Waals surface area contributed by atoms with Crippen molar-refractivity contribution in [2.45, 2.75) is 12.8 Å². The normalized spacial score (nSPS) is 19.0. The maximum Gasteiger partial charge on any atom is 0.321 e. The number of carbonyl (C=O) groups excluding carboxylic acids is 1. The first-order valence-electron chi connectivity index (χ1n) is 6.20. The molecule has 5 heteroatoms. The van der Waals surface area contributed by atoms with Crippen molar-refractivity contribution in [3.05, 3.63) is 30.1 Å². The SMILES string of the molecule is NCCC1CCN(C(=O)Nc2ccc(F)cc2)C1. The summed E-state index contributed by atoms with van der Waals surface area (Å²) in [5.41, 5.74) is 6.13. The van der Waals surface area contributed by atoms with Crippen molar-refractivity contribution in [1.82, 2.24) is 4.90 Å². The van der Waals surface area contributed by atoms with Crippen molar-refractivity contribution in [2.24, 2.45) is 11.7 Å². The zero-order valence-corrected chi connectivity index (χ0v) is 10.2. The highest BCUT2D eigenvalue weighted by Crippen LogP contribution is 2.20. The van der Waals surface area contributed by atoms with Crippen molar-refractivity contribution < 1.29 is 9.18 Å². The Morgan fingerprint density at radius 2 is 2.17 bits per heavy atom. The van der Waals surface area contributed by atoms with Crippen LogP contribution in [-0.4, -0.2) is 30.6 Å². The minimum atomic E-state index is -0.308. The Morgan fingerprint density at radius 3 is 2.83 bits per heavy atom. The van der Waals surface area contributed by atoms with Gasteiger partial charge in [-0.25, -0.2) is 9.18 Å². The van der Waals surface area contributed by atoms with Gasteiger partial charge < -0.3 is 16.0 Å². The average Bonchev–Trinajstić information content (AvgIpc) is 2.81. The van der Waals surface area contributed by atoms with Crippen molar-refractivity contribution >= 4 is 11.7 Å². The molecule has 3 N–H and O–H groups in total. The quantitative estimate of drug-likeness (QED) is 0.863. The first-order valence-corrected chi connectivity index (χ1v) is 6.20. The molecule has 18 heavy (non-hydrogen) atoms. The maximum absolute atomic E-state index is 12.7. The van der Waals surface area contributed by atoms with Gasteiger partial charge in [0, 0.05) is 18.8 Å². The fourth-order valence-electron chi connectivity index (χ4n) is 2.22. The highest BCUT2D eigenvalue weighted by atomic mass is 19.1. The van der Waals surface area contributed by atoms with Crippen LogP contribution in [0.5, 0.6) is 0 Å². The smallest absolute Gasteiger partial charge is 0.321 e. The number of urea groups is 1. The van der Waals surface area contributed by atoms with E-state index in [4.69, 9.17) is 5.73 Å². The van der Waals surface area contributed by atoms with E-state index in [2.05, 4.69) is 5.32 Å². The van der Waals surface area contributed by atoms with E-state index in [1.165, 1.54) is 12.1 Å². The Bertz CT molecular complexity index is 407. The predicted octanol–water partition coefficient (Wildman–Crippen LogP) is 2.03.